The van der Waals surface area contributed by atoms with Crippen molar-refractivity contribution in [1.29, 1.82) is 0 Å². The Kier molecular flexibility index (Phi) is 5.64. The first-order valence-electron chi connectivity index (χ1n) is 8.12. The molecule has 0 radical (unpaired) electrons. The molecule has 124 valence electrons. The van der Waals surface area contributed by atoms with Gasteiger partial charge in [-0.15, -0.1) is 0 Å². The Morgan fingerprint density at radius 3 is 2.91 bits per heavy atom. The van der Waals surface area contributed by atoms with Crippen molar-refractivity contribution in [2.24, 2.45) is 16.1 Å². The standard InChI is InChI=1S/C17H30N4O/c1-13-9-14(18)10-16(20-6-5-19-13)21-7-8-22-15(12-21)11-17(2,3)4/h6,9-10,14-15,19H,5,7-8,11-12,18H2,1-4H3/b13-9?,16-10+,20-6+. The largest absolute Gasteiger partial charge is 0.384 e. The molecule has 0 amide bonds. The Balaban J connectivity index is 2.09. The summed E-state index contributed by atoms with van der Waals surface area (Å²) in [7, 11) is 0. The zero-order valence-electron chi connectivity index (χ0n) is 14.3. The predicted molar refractivity (Wildman–Crippen MR) is 91.7 cm³/mol. The summed E-state index contributed by atoms with van der Waals surface area (Å²) in [5, 5.41) is 3.27. The van der Waals surface area contributed by atoms with Crippen LogP contribution in [0.25, 0.3) is 0 Å². The van der Waals surface area contributed by atoms with E-state index in [2.05, 4.69) is 36.0 Å². The topological polar surface area (TPSA) is 62.9 Å². The van der Waals surface area contributed by atoms with Crippen molar-refractivity contribution >= 4 is 6.21 Å². The first-order valence-corrected chi connectivity index (χ1v) is 8.12. The summed E-state index contributed by atoms with van der Waals surface area (Å²) < 4.78 is 5.92. The summed E-state index contributed by atoms with van der Waals surface area (Å²) in [5.74, 6) is 0.961. The first-order chi connectivity index (χ1) is 10.3. The Bertz CT molecular complexity index is 462. The summed E-state index contributed by atoms with van der Waals surface area (Å²) in [6.45, 7) is 12.0. The Hall–Kier alpha value is -1.33. The highest BCUT2D eigenvalue weighted by Crippen LogP contribution is 2.25. The molecule has 2 aliphatic heterocycles. The molecular formula is C17H30N4O. The Morgan fingerprint density at radius 1 is 1.41 bits per heavy atom. The number of hydrogen-bond donors (Lipinski definition) is 2. The fraction of sp³-hybridized carbons (Fsp3) is 0.706. The van der Waals surface area contributed by atoms with Crippen molar-refractivity contribution in [2.45, 2.75) is 46.3 Å². The number of allylic oxidation sites excluding steroid dienone is 1. The van der Waals surface area contributed by atoms with Crippen LogP contribution in [0.5, 0.6) is 0 Å². The molecule has 0 aliphatic carbocycles. The number of hydrogen-bond acceptors (Lipinski definition) is 5. The van der Waals surface area contributed by atoms with E-state index in [0.717, 1.165) is 44.2 Å². The van der Waals surface area contributed by atoms with Gasteiger partial charge >= 0.3 is 0 Å². The van der Waals surface area contributed by atoms with E-state index in [1.807, 2.05) is 25.3 Å². The van der Waals surface area contributed by atoms with Crippen molar-refractivity contribution in [1.82, 2.24) is 10.2 Å². The SMILES string of the molecule is CC1=CC(N)/C=C(N2CCOC(CC(C)(C)C)C2)\N=C\CN1. The number of nitrogens with one attached hydrogen (secondary N) is 1. The predicted octanol–water partition coefficient (Wildman–Crippen LogP) is 1.87. The van der Waals surface area contributed by atoms with Crippen LogP contribution in [0.3, 0.4) is 0 Å². The molecule has 2 unspecified atom stereocenters. The van der Waals surface area contributed by atoms with E-state index in [1.54, 1.807) is 0 Å². The summed E-state index contributed by atoms with van der Waals surface area (Å²) in [6, 6.07) is -0.123. The maximum absolute atomic E-state index is 6.17. The maximum atomic E-state index is 6.17. The van der Waals surface area contributed by atoms with E-state index in [9.17, 15) is 0 Å². The molecule has 0 spiro atoms. The Morgan fingerprint density at radius 2 is 2.18 bits per heavy atom. The molecule has 22 heavy (non-hydrogen) atoms. The molecule has 1 fully saturated rings. The minimum absolute atomic E-state index is 0.123. The van der Waals surface area contributed by atoms with Crippen molar-refractivity contribution in [3.63, 3.8) is 0 Å². The number of nitrogens with zero attached hydrogens (tertiary/aromatic N) is 2. The highest BCUT2D eigenvalue weighted by Gasteiger charge is 2.26. The third-order valence-corrected chi connectivity index (χ3v) is 3.78. The van der Waals surface area contributed by atoms with Gasteiger partial charge in [-0.2, -0.15) is 0 Å². The molecule has 1 saturated heterocycles. The minimum atomic E-state index is -0.123. The van der Waals surface area contributed by atoms with Gasteiger partial charge < -0.3 is 20.7 Å². The summed E-state index contributed by atoms with van der Waals surface area (Å²) in [6.07, 6.45) is 7.28. The van der Waals surface area contributed by atoms with Gasteiger partial charge in [-0.3, -0.25) is 0 Å². The third-order valence-electron chi connectivity index (χ3n) is 3.78. The van der Waals surface area contributed by atoms with Crippen LogP contribution in [-0.2, 0) is 4.74 Å². The summed E-state index contributed by atoms with van der Waals surface area (Å²) in [4.78, 5) is 6.91. The molecule has 0 aromatic heterocycles. The highest BCUT2D eigenvalue weighted by molar-refractivity contribution is 5.61. The van der Waals surface area contributed by atoms with E-state index in [4.69, 9.17) is 10.5 Å². The maximum Gasteiger partial charge on any atom is 0.126 e. The molecule has 2 atom stereocenters. The van der Waals surface area contributed by atoms with Crippen LogP contribution in [0.4, 0.5) is 0 Å². The lowest BCUT2D eigenvalue weighted by Crippen LogP contribution is -2.43. The van der Waals surface area contributed by atoms with E-state index in [1.165, 1.54) is 0 Å². The summed E-state index contributed by atoms with van der Waals surface area (Å²) in [5.41, 5.74) is 7.53. The number of ether oxygens (including phenoxy) is 1. The second-order valence-electron chi connectivity index (χ2n) is 7.35. The molecule has 3 N–H and O–H groups in total. The van der Waals surface area contributed by atoms with Crippen LogP contribution in [0.15, 0.2) is 28.7 Å². The highest BCUT2D eigenvalue weighted by atomic mass is 16.5. The van der Waals surface area contributed by atoms with Gasteiger partial charge in [-0.1, -0.05) is 20.8 Å². The second kappa shape index (κ2) is 7.29. The van der Waals surface area contributed by atoms with Gasteiger partial charge in [0.1, 0.15) is 5.82 Å². The normalized spacial score (nSPS) is 31.0. The van der Waals surface area contributed by atoms with Gasteiger partial charge in [0.05, 0.1) is 19.3 Å². The van der Waals surface area contributed by atoms with Crippen LogP contribution in [-0.4, -0.2) is 49.5 Å². The molecule has 5 nitrogen and oxygen atoms in total. The average Bonchev–Trinajstić information content (AvgIpc) is 2.47. The smallest absolute Gasteiger partial charge is 0.126 e. The minimum Gasteiger partial charge on any atom is -0.384 e. The zero-order valence-corrected chi connectivity index (χ0v) is 14.3. The van der Waals surface area contributed by atoms with Gasteiger partial charge in [-0.05, 0) is 30.9 Å². The number of aliphatic imine (C=N–C) groups is 1. The molecule has 0 aromatic carbocycles. The van der Waals surface area contributed by atoms with Crippen molar-refractivity contribution in [3.8, 4) is 0 Å². The van der Waals surface area contributed by atoms with Crippen molar-refractivity contribution < 1.29 is 4.74 Å². The van der Waals surface area contributed by atoms with Crippen LogP contribution in [0.2, 0.25) is 0 Å². The molecule has 5 heteroatoms. The molecule has 0 saturated carbocycles. The average molecular weight is 306 g/mol. The number of morpholine rings is 1. The van der Waals surface area contributed by atoms with Crippen molar-refractivity contribution in [3.05, 3.63) is 23.7 Å². The lowest BCUT2D eigenvalue weighted by atomic mass is 9.88. The zero-order chi connectivity index (χ0) is 16.2. The molecular weight excluding hydrogens is 276 g/mol. The van der Waals surface area contributed by atoms with Crippen molar-refractivity contribution in [2.75, 3.05) is 26.2 Å². The van der Waals surface area contributed by atoms with Crippen LogP contribution < -0.4 is 11.1 Å². The fourth-order valence-electron chi connectivity index (χ4n) is 2.88. The van der Waals surface area contributed by atoms with Gasteiger partial charge in [0.25, 0.3) is 0 Å². The van der Waals surface area contributed by atoms with E-state index in [0.29, 0.717) is 0 Å². The van der Waals surface area contributed by atoms with Crippen LogP contribution in [0, 0.1) is 5.41 Å². The molecule has 0 aromatic rings. The number of nitrogens with two attached hydrogens (primary N) is 1. The monoisotopic (exact) mass is 306 g/mol. The number of rotatable bonds is 2. The second-order valence-corrected chi connectivity index (χ2v) is 7.35. The lowest BCUT2D eigenvalue weighted by Gasteiger charge is -2.37. The van der Waals surface area contributed by atoms with Gasteiger partial charge in [0.15, 0.2) is 0 Å². The fourth-order valence-corrected chi connectivity index (χ4v) is 2.88. The quantitative estimate of drug-likeness (QED) is 0.817. The van der Waals surface area contributed by atoms with E-state index in [-0.39, 0.29) is 17.6 Å². The molecule has 2 rings (SSSR count). The molecule has 2 aliphatic rings. The Labute approximate surface area is 134 Å². The van der Waals surface area contributed by atoms with Gasteiger partial charge in [0.2, 0.25) is 0 Å². The molecule has 2 heterocycles. The van der Waals surface area contributed by atoms with E-state index >= 15 is 0 Å². The first kappa shape index (κ1) is 17.0. The van der Waals surface area contributed by atoms with Crippen LogP contribution >= 0.6 is 0 Å². The van der Waals surface area contributed by atoms with E-state index < -0.39 is 0 Å². The molecule has 0 bridgehead atoms. The van der Waals surface area contributed by atoms with Gasteiger partial charge in [0, 0.05) is 31.0 Å². The summed E-state index contributed by atoms with van der Waals surface area (Å²) >= 11 is 0. The lowest BCUT2D eigenvalue weighted by molar-refractivity contribution is -0.0355. The van der Waals surface area contributed by atoms with Crippen LogP contribution in [0.1, 0.15) is 34.1 Å². The third kappa shape index (κ3) is 5.46. The van der Waals surface area contributed by atoms with Gasteiger partial charge in [-0.25, -0.2) is 4.99 Å².